The molecule has 0 saturated carbocycles. The molecule has 2 rings (SSSR count). The maximum Gasteiger partial charge on any atom is 0.123 e. The van der Waals surface area contributed by atoms with Gasteiger partial charge in [-0.15, -0.1) is 0 Å². The molecule has 0 aliphatic heterocycles. The van der Waals surface area contributed by atoms with Crippen LogP contribution in [0.4, 0.5) is 4.39 Å². The lowest BCUT2D eigenvalue weighted by Gasteiger charge is -2.20. The summed E-state index contributed by atoms with van der Waals surface area (Å²) in [5, 5.41) is 3.41. The third-order valence-corrected chi connectivity index (χ3v) is 2.97. The SMILES string of the molecule is CCNC(c1ccc(F)cc1)c1cccnc1C. The summed E-state index contributed by atoms with van der Waals surface area (Å²) in [5.41, 5.74) is 3.17. The van der Waals surface area contributed by atoms with Gasteiger partial charge in [0.25, 0.3) is 0 Å². The number of pyridine rings is 1. The maximum atomic E-state index is 13.0. The van der Waals surface area contributed by atoms with Gasteiger partial charge in [0.2, 0.25) is 0 Å². The summed E-state index contributed by atoms with van der Waals surface area (Å²) in [4.78, 5) is 4.31. The minimum Gasteiger partial charge on any atom is -0.306 e. The zero-order chi connectivity index (χ0) is 13.0. The van der Waals surface area contributed by atoms with E-state index in [1.165, 1.54) is 12.1 Å². The molecule has 0 bridgehead atoms. The van der Waals surface area contributed by atoms with Crippen molar-refractivity contribution in [1.82, 2.24) is 10.3 Å². The first-order valence-corrected chi connectivity index (χ1v) is 6.12. The van der Waals surface area contributed by atoms with Crippen LogP contribution in [-0.2, 0) is 0 Å². The lowest BCUT2D eigenvalue weighted by Crippen LogP contribution is -2.23. The van der Waals surface area contributed by atoms with Crippen molar-refractivity contribution in [2.75, 3.05) is 6.54 Å². The third kappa shape index (κ3) is 2.74. The highest BCUT2D eigenvalue weighted by Crippen LogP contribution is 2.23. The van der Waals surface area contributed by atoms with Crippen LogP contribution in [0.15, 0.2) is 42.6 Å². The molecular weight excluding hydrogens is 227 g/mol. The summed E-state index contributed by atoms with van der Waals surface area (Å²) < 4.78 is 13.0. The van der Waals surface area contributed by atoms with E-state index in [9.17, 15) is 4.39 Å². The smallest absolute Gasteiger partial charge is 0.123 e. The molecule has 0 spiro atoms. The molecule has 1 unspecified atom stereocenters. The number of aryl methyl sites for hydroxylation is 1. The maximum absolute atomic E-state index is 13.0. The van der Waals surface area contributed by atoms with Crippen LogP contribution < -0.4 is 5.32 Å². The van der Waals surface area contributed by atoms with Crippen LogP contribution in [0.5, 0.6) is 0 Å². The molecule has 1 atom stereocenters. The predicted molar refractivity (Wildman–Crippen MR) is 70.9 cm³/mol. The number of halogens is 1. The van der Waals surface area contributed by atoms with Gasteiger partial charge in [-0.05, 0) is 42.8 Å². The van der Waals surface area contributed by atoms with E-state index < -0.39 is 0 Å². The Balaban J connectivity index is 2.40. The molecule has 0 amide bonds. The van der Waals surface area contributed by atoms with Gasteiger partial charge in [-0.3, -0.25) is 4.98 Å². The summed E-state index contributed by atoms with van der Waals surface area (Å²) in [5.74, 6) is -0.211. The van der Waals surface area contributed by atoms with Gasteiger partial charge >= 0.3 is 0 Å². The van der Waals surface area contributed by atoms with Gasteiger partial charge in [0, 0.05) is 11.9 Å². The molecule has 1 aromatic carbocycles. The molecule has 0 aliphatic rings. The molecule has 94 valence electrons. The Morgan fingerprint density at radius 3 is 2.56 bits per heavy atom. The molecule has 1 aromatic heterocycles. The molecule has 0 fully saturated rings. The van der Waals surface area contributed by atoms with Crippen LogP contribution >= 0.6 is 0 Å². The number of rotatable bonds is 4. The highest BCUT2D eigenvalue weighted by molar-refractivity contribution is 5.33. The van der Waals surface area contributed by atoms with Gasteiger partial charge in [-0.1, -0.05) is 25.1 Å². The topological polar surface area (TPSA) is 24.9 Å². The molecular formula is C15H17FN2. The monoisotopic (exact) mass is 244 g/mol. The summed E-state index contributed by atoms with van der Waals surface area (Å²) in [6.45, 7) is 4.89. The van der Waals surface area contributed by atoms with Crippen LogP contribution in [0.3, 0.4) is 0 Å². The Morgan fingerprint density at radius 2 is 1.94 bits per heavy atom. The van der Waals surface area contributed by atoms with E-state index in [0.717, 1.165) is 23.4 Å². The molecule has 0 aliphatic carbocycles. The molecule has 1 heterocycles. The van der Waals surface area contributed by atoms with E-state index in [-0.39, 0.29) is 11.9 Å². The molecule has 0 radical (unpaired) electrons. The lowest BCUT2D eigenvalue weighted by atomic mass is 9.97. The normalized spacial score (nSPS) is 12.4. The Hall–Kier alpha value is -1.74. The molecule has 1 N–H and O–H groups in total. The lowest BCUT2D eigenvalue weighted by molar-refractivity contribution is 0.611. The van der Waals surface area contributed by atoms with Crippen LogP contribution in [0.2, 0.25) is 0 Å². The zero-order valence-electron chi connectivity index (χ0n) is 10.7. The highest BCUT2D eigenvalue weighted by atomic mass is 19.1. The number of hydrogen-bond acceptors (Lipinski definition) is 2. The third-order valence-electron chi connectivity index (χ3n) is 2.97. The number of aromatic nitrogens is 1. The molecule has 0 saturated heterocycles. The zero-order valence-corrected chi connectivity index (χ0v) is 10.7. The van der Waals surface area contributed by atoms with Crippen LogP contribution in [0, 0.1) is 12.7 Å². The summed E-state index contributed by atoms with van der Waals surface area (Å²) in [6.07, 6.45) is 1.78. The summed E-state index contributed by atoms with van der Waals surface area (Å²) >= 11 is 0. The van der Waals surface area contributed by atoms with Crippen LogP contribution in [-0.4, -0.2) is 11.5 Å². The van der Waals surface area contributed by atoms with Crippen LogP contribution in [0.25, 0.3) is 0 Å². The molecule has 18 heavy (non-hydrogen) atoms. The Labute approximate surface area is 107 Å². The first kappa shape index (κ1) is 12.7. The van der Waals surface area contributed by atoms with Crippen molar-refractivity contribution >= 4 is 0 Å². The van der Waals surface area contributed by atoms with E-state index in [1.807, 2.05) is 25.1 Å². The highest BCUT2D eigenvalue weighted by Gasteiger charge is 2.15. The van der Waals surface area contributed by atoms with Gasteiger partial charge in [-0.2, -0.15) is 0 Å². The first-order valence-electron chi connectivity index (χ1n) is 6.12. The second-order valence-electron chi connectivity index (χ2n) is 4.22. The Morgan fingerprint density at radius 1 is 1.22 bits per heavy atom. The van der Waals surface area contributed by atoms with Crippen molar-refractivity contribution in [2.45, 2.75) is 19.9 Å². The minimum absolute atomic E-state index is 0.0595. The van der Waals surface area contributed by atoms with Gasteiger partial charge < -0.3 is 5.32 Å². The number of nitrogens with one attached hydrogen (secondary N) is 1. The van der Waals surface area contributed by atoms with Crippen molar-refractivity contribution in [3.63, 3.8) is 0 Å². The molecule has 2 nitrogen and oxygen atoms in total. The van der Waals surface area contributed by atoms with Gasteiger partial charge in [0.05, 0.1) is 6.04 Å². The number of hydrogen-bond donors (Lipinski definition) is 1. The van der Waals surface area contributed by atoms with E-state index >= 15 is 0 Å². The van der Waals surface area contributed by atoms with Crippen molar-refractivity contribution < 1.29 is 4.39 Å². The molecule has 2 aromatic rings. The fourth-order valence-electron chi connectivity index (χ4n) is 2.07. The van der Waals surface area contributed by atoms with Crippen LogP contribution in [0.1, 0.15) is 29.8 Å². The average Bonchev–Trinajstić information content (AvgIpc) is 2.38. The first-order chi connectivity index (χ1) is 8.72. The number of benzene rings is 1. The van der Waals surface area contributed by atoms with Gasteiger partial charge in [0.1, 0.15) is 5.82 Å². The second kappa shape index (κ2) is 5.74. The molecule has 3 heteroatoms. The quantitative estimate of drug-likeness (QED) is 0.893. The van der Waals surface area contributed by atoms with Crippen molar-refractivity contribution in [1.29, 1.82) is 0 Å². The van der Waals surface area contributed by atoms with E-state index in [0.29, 0.717) is 0 Å². The second-order valence-corrected chi connectivity index (χ2v) is 4.22. The predicted octanol–water partition coefficient (Wildman–Crippen LogP) is 3.23. The standard InChI is InChI=1S/C15H17FN2/c1-3-17-15(12-6-8-13(16)9-7-12)14-5-4-10-18-11(14)2/h4-10,15,17H,3H2,1-2H3. The van der Waals surface area contributed by atoms with E-state index in [2.05, 4.69) is 23.3 Å². The summed E-state index contributed by atoms with van der Waals surface area (Å²) in [6, 6.07) is 10.7. The Kier molecular flexibility index (Phi) is 4.05. The largest absolute Gasteiger partial charge is 0.306 e. The number of nitrogens with zero attached hydrogens (tertiary/aromatic N) is 1. The van der Waals surface area contributed by atoms with Gasteiger partial charge in [-0.25, -0.2) is 4.39 Å². The fourth-order valence-corrected chi connectivity index (χ4v) is 2.07. The van der Waals surface area contributed by atoms with Gasteiger partial charge in [0.15, 0.2) is 0 Å². The fraction of sp³-hybridized carbons (Fsp3) is 0.267. The van der Waals surface area contributed by atoms with Crippen molar-refractivity contribution in [2.24, 2.45) is 0 Å². The van der Waals surface area contributed by atoms with Crippen molar-refractivity contribution in [3.8, 4) is 0 Å². The van der Waals surface area contributed by atoms with Crippen molar-refractivity contribution in [3.05, 3.63) is 65.2 Å². The van der Waals surface area contributed by atoms with E-state index in [4.69, 9.17) is 0 Å². The summed E-state index contributed by atoms with van der Waals surface area (Å²) in [7, 11) is 0. The average molecular weight is 244 g/mol. The Bertz CT molecular complexity index is 508. The van der Waals surface area contributed by atoms with E-state index in [1.54, 1.807) is 6.20 Å². The minimum atomic E-state index is -0.211.